The van der Waals surface area contributed by atoms with Crippen molar-refractivity contribution < 1.29 is 28.4 Å². The maximum absolute atomic E-state index is 5.89. The van der Waals surface area contributed by atoms with Gasteiger partial charge >= 0.3 is 0 Å². The van der Waals surface area contributed by atoms with Crippen molar-refractivity contribution in [3.63, 3.8) is 0 Å². The van der Waals surface area contributed by atoms with Crippen molar-refractivity contribution in [3.8, 4) is 0 Å². The number of hydrogen-bond acceptors (Lipinski definition) is 6. The lowest BCUT2D eigenvalue weighted by Gasteiger charge is -2.45. The Kier molecular flexibility index (Phi) is 4.96. The van der Waals surface area contributed by atoms with E-state index in [9.17, 15) is 0 Å². The van der Waals surface area contributed by atoms with Crippen LogP contribution in [0, 0.1) is 0 Å². The molecule has 3 fully saturated rings. The van der Waals surface area contributed by atoms with E-state index in [-0.39, 0.29) is 24.4 Å². The molecule has 3 saturated heterocycles. The molecule has 0 aromatic rings. The van der Waals surface area contributed by atoms with Gasteiger partial charge in [0.2, 0.25) is 0 Å². The third kappa shape index (κ3) is 3.03. The Hall–Kier alpha value is -0.470. The summed E-state index contributed by atoms with van der Waals surface area (Å²) in [5.41, 5.74) is 0. The SMILES string of the molecule is C=C[C@@H]1O[C@H]2[C@H](O1)[C@H](OCCCl)O[C@H]1CO[C@H](C=C)O[C@H]21. The summed E-state index contributed by atoms with van der Waals surface area (Å²) in [6, 6.07) is 0. The molecule has 3 aliphatic heterocycles. The third-order valence-electron chi connectivity index (χ3n) is 3.63. The molecule has 0 bridgehead atoms. The summed E-state index contributed by atoms with van der Waals surface area (Å²) in [4.78, 5) is 0. The van der Waals surface area contributed by atoms with Crippen LogP contribution in [0.15, 0.2) is 25.3 Å². The van der Waals surface area contributed by atoms with Crippen LogP contribution in [0.3, 0.4) is 0 Å². The van der Waals surface area contributed by atoms with Gasteiger partial charge in [0.15, 0.2) is 18.9 Å². The quantitative estimate of drug-likeness (QED) is 0.561. The van der Waals surface area contributed by atoms with Crippen molar-refractivity contribution >= 4 is 11.6 Å². The maximum atomic E-state index is 5.89. The van der Waals surface area contributed by atoms with Crippen molar-refractivity contribution in [2.45, 2.75) is 43.3 Å². The van der Waals surface area contributed by atoms with E-state index in [1.54, 1.807) is 12.2 Å². The fourth-order valence-electron chi connectivity index (χ4n) is 2.73. The highest BCUT2D eigenvalue weighted by atomic mass is 35.5. The van der Waals surface area contributed by atoms with Gasteiger partial charge in [0, 0.05) is 5.88 Å². The van der Waals surface area contributed by atoms with Gasteiger partial charge in [0.25, 0.3) is 0 Å². The van der Waals surface area contributed by atoms with Crippen molar-refractivity contribution in [2.75, 3.05) is 19.1 Å². The van der Waals surface area contributed by atoms with Gasteiger partial charge in [-0.05, 0) is 12.2 Å². The molecule has 7 atom stereocenters. The number of alkyl halides is 1. The number of rotatable bonds is 5. The molecular weight excluding hydrogens is 300 g/mol. The Morgan fingerprint density at radius 3 is 2.43 bits per heavy atom. The summed E-state index contributed by atoms with van der Waals surface area (Å²) in [5.74, 6) is 0.378. The summed E-state index contributed by atoms with van der Waals surface area (Å²) < 4.78 is 34.4. The largest absolute Gasteiger partial charge is 0.349 e. The second kappa shape index (κ2) is 6.75. The predicted molar refractivity (Wildman–Crippen MR) is 73.9 cm³/mol. The van der Waals surface area contributed by atoms with Gasteiger partial charge < -0.3 is 28.4 Å². The van der Waals surface area contributed by atoms with Crippen LogP contribution in [-0.4, -0.2) is 62.4 Å². The minimum Gasteiger partial charge on any atom is -0.349 e. The van der Waals surface area contributed by atoms with Gasteiger partial charge in [0.1, 0.15) is 24.4 Å². The van der Waals surface area contributed by atoms with Crippen LogP contribution < -0.4 is 0 Å². The van der Waals surface area contributed by atoms with Crippen LogP contribution in [-0.2, 0) is 28.4 Å². The molecule has 0 amide bonds. The zero-order chi connectivity index (χ0) is 14.8. The molecule has 0 saturated carbocycles. The van der Waals surface area contributed by atoms with Crippen LogP contribution >= 0.6 is 11.6 Å². The molecule has 0 aromatic heterocycles. The zero-order valence-corrected chi connectivity index (χ0v) is 12.3. The standard InChI is InChI=1S/C14H19ClO6/c1-3-9-17-7-8-11(19-9)12-13(21-10(4-2)20-12)14(18-8)16-6-5-15/h3-4,8-14H,1-2,5-7H2/t8-,9-,10+,11-,12+,13-,14+/m0/s1. The topological polar surface area (TPSA) is 55.4 Å². The summed E-state index contributed by atoms with van der Waals surface area (Å²) >= 11 is 5.67. The molecule has 3 rings (SSSR count). The second-order valence-corrected chi connectivity index (χ2v) is 5.32. The molecular formula is C14H19ClO6. The van der Waals surface area contributed by atoms with E-state index in [1.807, 2.05) is 0 Å². The lowest BCUT2D eigenvalue weighted by atomic mass is 9.98. The van der Waals surface area contributed by atoms with Crippen molar-refractivity contribution in [1.82, 2.24) is 0 Å². The van der Waals surface area contributed by atoms with Gasteiger partial charge in [-0.15, -0.1) is 11.6 Å². The minimum atomic E-state index is -0.563. The molecule has 3 heterocycles. The van der Waals surface area contributed by atoms with Crippen LogP contribution in [0.4, 0.5) is 0 Å². The van der Waals surface area contributed by atoms with Crippen molar-refractivity contribution in [1.29, 1.82) is 0 Å². The summed E-state index contributed by atoms with van der Waals surface area (Å²) in [6.45, 7) is 8.11. The van der Waals surface area contributed by atoms with E-state index in [0.717, 1.165) is 0 Å². The monoisotopic (exact) mass is 318 g/mol. The van der Waals surface area contributed by atoms with Gasteiger partial charge in [-0.1, -0.05) is 13.2 Å². The Labute approximate surface area is 128 Å². The summed E-state index contributed by atoms with van der Waals surface area (Å²) in [7, 11) is 0. The van der Waals surface area contributed by atoms with E-state index < -0.39 is 18.9 Å². The molecule has 0 N–H and O–H groups in total. The Balaban J connectivity index is 1.76. The van der Waals surface area contributed by atoms with Gasteiger partial charge in [-0.3, -0.25) is 0 Å². The average molecular weight is 319 g/mol. The van der Waals surface area contributed by atoms with E-state index in [2.05, 4.69) is 13.2 Å². The molecule has 3 aliphatic rings. The molecule has 0 unspecified atom stereocenters. The number of hydrogen-bond donors (Lipinski definition) is 0. The molecule has 118 valence electrons. The second-order valence-electron chi connectivity index (χ2n) is 4.95. The molecule has 21 heavy (non-hydrogen) atoms. The van der Waals surface area contributed by atoms with E-state index in [1.165, 1.54) is 0 Å². The minimum absolute atomic E-state index is 0.282. The molecule has 6 nitrogen and oxygen atoms in total. The van der Waals surface area contributed by atoms with Crippen molar-refractivity contribution in [3.05, 3.63) is 25.3 Å². The lowest BCUT2D eigenvalue weighted by Crippen LogP contribution is -2.62. The fraction of sp³-hybridized carbons (Fsp3) is 0.714. The van der Waals surface area contributed by atoms with Gasteiger partial charge in [0.05, 0.1) is 13.2 Å². The first-order valence-corrected chi connectivity index (χ1v) is 7.46. The van der Waals surface area contributed by atoms with Crippen LogP contribution in [0.2, 0.25) is 0 Å². The Bertz CT molecular complexity index is 392. The maximum Gasteiger partial charge on any atom is 0.187 e. The van der Waals surface area contributed by atoms with Gasteiger partial charge in [-0.2, -0.15) is 0 Å². The zero-order valence-electron chi connectivity index (χ0n) is 11.6. The van der Waals surface area contributed by atoms with Gasteiger partial charge in [-0.25, -0.2) is 0 Å². The number of ether oxygens (including phenoxy) is 6. The van der Waals surface area contributed by atoms with Crippen molar-refractivity contribution in [2.24, 2.45) is 0 Å². The first-order valence-electron chi connectivity index (χ1n) is 6.93. The van der Waals surface area contributed by atoms with Crippen LogP contribution in [0.5, 0.6) is 0 Å². The predicted octanol–water partition coefficient (Wildman–Crippen LogP) is 1.19. The first-order chi connectivity index (χ1) is 10.3. The third-order valence-corrected chi connectivity index (χ3v) is 3.79. The highest BCUT2D eigenvalue weighted by Crippen LogP contribution is 2.37. The highest BCUT2D eigenvalue weighted by molar-refractivity contribution is 6.17. The first kappa shape index (κ1) is 15.4. The molecule has 7 heteroatoms. The lowest BCUT2D eigenvalue weighted by molar-refractivity contribution is -0.334. The van der Waals surface area contributed by atoms with Crippen LogP contribution in [0.1, 0.15) is 0 Å². The Morgan fingerprint density at radius 1 is 1.00 bits per heavy atom. The van der Waals surface area contributed by atoms with Crippen LogP contribution in [0.25, 0.3) is 0 Å². The average Bonchev–Trinajstić information content (AvgIpc) is 2.97. The highest BCUT2D eigenvalue weighted by Gasteiger charge is 2.55. The van der Waals surface area contributed by atoms with E-state index >= 15 is 0 Å². The molecule has 0 aliphatic carbocycles. The normalized spacial score (nSPS) is 45.7. The van der Waals surface area contributed by atoms with E-state index in [4.69, 9.17) is 40.0 Å². The number of fused-ring (bicyclic) bond motifs is 3. The molecule has 0 radical (unpaired) electrons. The smallest absolute Gasteiger partial charge is 0.187 e. The van der Waals surface area contributed by atoms with E-state index in [0.29, 0.717) is 19.1 Å². The molecule has 0 spiro atoms. The summed E-state index contributed by atoms with van der Waals surface area (Å²) in [5, 5.41) is 0. The number of halogens is 1. The Morgan fingerprint density at radius 2 is 1.71 bits per heavy atom. The molecule has 0 aromatic carbocycles. The fourth-order valence-corrected chi connectivity index (χ4v) is 2.82. The summed E-state index contributed by atoms with van der Waals surface area (Å²) in [6.07, 6.45) is 0.382.